The predicted octanol–water partition coefficient (Wildman–Crippen LogP) is 2.93. The Hall–Kier alpha value is -0.620. The van der Waals surface area contributed by atoms with E-state index in [-0.39, 0.29) is 0 Å². The fourth-order valence-corrected chi connectivity index (χ4v) is 4.66. The van der Waals surface area contributed by atoms with Gasteiger partial charge in [-0.05, 0) is 43.0 Å². The van der Waals surface area contributed by atoms with E-state index in [1.807, 2.05) is 13.0 Å². The Labute approximate surface area is 132 Å². The second-order valence-electron chi connectivity index (χ2n) is 5.83. The normalized spacial score (nSPS) is 16.8. The van der Waals surface area contributed by atoms with E-state index in [1.165, 1.54) is 0 Å². The molecule has 0 unspecified atom stereocenters. The van der Waals surface area contributed by atoms with Gasteiger partial charge in [-0.3, -0.25) is 0 Å². The standard InChI is InChI=1S/C15H23ClN2O2S/c1-11(2)17-10-13-8-14(16)9-15(12(13)3)21(19,20)18-6-4-5-7-18/h8-9,11,17H,4-7,10H2,1-3H3. The molecule has 0 spiro atoms. The quantitative estimate of drug-likeness (QED) is 0.903. The zero-order valence-corrected chi connectivity index (χ0v) is 14.4. The fourth-order valence-electron chi connectivity index (χ4n) is 2.54. The van der Waals surface area contributed by atoms with Gasteiger partial charge in [-0.25, -0.2) is 8.42 Å². The third-order valence-corrected chi connectivity index (χ3v) is 6.06. The number of hydrogen-bond acceptors (Lipinski definition) is 3. The number of sulfonamides is 1. The molecule has 1 aliphatic heterocycles. The second kappa shape index (κ2) is 6.65. The summed E-state index contributed by atoms with van der Waals surface area (Å²) in [7, 11) is -3.43. The zero-order valence-electron chi connectivity index (χ0n) is 12.8. The van der Waals surface area contributed by atoms with Crippen LogP contribution < -0.4 is 5.32 Å². The highest BCUT2D eigenvalue weighted by Gasteiger charge is 2.29. The Morgan fingerprint density at radius 2 is 1.90 bits per heavy atom. The van der Waals surface area contributed by atoms with E-state index in [4.69, 9.17) is 11.6 Å². The van der Waals surface area contributed by atoms with E-state index >= 15 is 0 Å². The van der Waals surface area contributed by atoms with Crippen LogP contribution in [0.4, 0.5) is 0 Å². The maximum absolute atomic E-state index is 12.7. The lowest BCUT2D eigenvalue weighted by Crippen LogP contribution is -2.29. The van der Waals surface area contributed by atoms with Crippen molar-refractivity contribution in [3.05, 3.63) is 28.3 Å². The summed E-state index contributed by atoms with van der Waals surface area (Å²) in [5.41, 5.74) is 1.73. The van der Waals surface area contributed by atoms with Gasteiger partial charge in [0.2, 0.25) is 10.0 Å². The Morgan fingerprint density at radius 3 is 2.48 bits per heavy atom. The molecule has 1 saturated heterocycles. The second-order valence-corrected chi connectivity index (χ2v) is 8.18. The van der Waals surface area contributed by atoms with Gasteiger partial charge in [-0.15, -0.1) is 0 Å². The van der Waals surface area contributed by atoms with Crippen LogP contribution in [0.1, 0.15) is 37.8 Å². The average Bonchev–Trinajstić information content (AvgIpc) is 2.93. The van der Waals surface area contributed by atoms with Crippen LogP contribution in [0, 0.1) is 6.92 Å². The van der Waals surface area contributed by atoms with Crippen molar-refractivity contribution < 1.29 is 8.42 Å². The van der Waals surface area contributed by atoms with Crippen LogP contribution in [0.25, 0.3) is 0 Å². The molecule has 1 fully saturated rings. The van der Waals surface area contributed by atoms with E-state index in [0.29, 0.717) is 35.6 Å². The first-order chi connectivity index (χ1) is 9.82. The third kappa shape index (κ3) is 3.77. The van der Waals surface area contributed by atoms with E-state index < -0.39 is 10.0 Å². The maximum Gasteiger partial charge on any atom is 0.243 e. The van der Waals surface area contributed by atoms with E-state index in [2.05, 4.69) is 19.2 Å². The van der Waals surface area contributed by atoms with Crippen LogP contribution in [0.5, 0.6) is 0 Å². The Bertz CT molecular complexity index is 608. The molecule has 0 aliphatic carbocycles. The van der Waals surface area contributed by atoms with Crippen molar-refractivity contribution in [3.63, 3.8) is 0 Å². The minimum Gasteiger partial charge on any atom is -0.310 e. The summed E-state index contributed by atoms with van der Waals surface area (Å²) in [6, 6.07) is 3.75. The monoisotopic (exact) mass is 330 g/mol. The molecule has 1 N–H and O–H groups in total. The van der Waals surface area contributed by atoms with Crippen molar-refractivity contribution in [2.45, 2.75) is 51.1 Å². The molecule has 1 aromatic carbocycles. The van der Waals surface area contributed by atoms with E-state index in [1.54, 1.807) is 10.4 Å². The lowest BCUT2D eigenvalue weighted by Gasteiger charge is -2.19. The summed E-state index contributed by atoms with van der Waals surface area (Å²) in [5, 5.41) is 3.78. The highest BCUT2D eigenvalue weighted by atomic mass is 35.5. The molecule has 21 heavy (non-hydrogen) atoms. The summed E-state index contributed by atoms with van der Waals surface area (Å²) in [6.45, 7) is 7.80. The van der Waals surface area contributed by atoms with E-state index in [9.17, 15) is 8.42 Å². The van der Waals surface area contributed by atoms with Gasteiger partial charge in [-0.2, -0.15) is 4.31 Å². The number of nitrogens with one attached hydrogen (secondary N) is 1. The minimum absolute atomic E-state index is 0.335. The van der Waals surface area contributed by atoms with Gasteiger partial charge >= 0.3 is 0 Å². The summed E-state index contributed by atoms with van der Waals surface area (Å²) in [4.78, 5) is 0.345. The molecule has 0 atom stereocenters. The van der Waals surface area contributed by atoms with Crippen molar-refractivity contribution in [1.29, 1.82) is 0 Å². The van der Waals surface area contributed by atoms with Crippen molar-refractivity contribution in [3.8, 4) is 0 Å². The lowest BCUT2D eigenvalue weighted by atomic mass is 10.1. The van der Waals surface area contributed by atoms with Gasteiger partial charge < -0.3 is 5.32 Å². The Kier molecular flexibility index (Phi) is 5.30. The molecule has 0 radical (unpaired) electrons. The predicted molar refractivity (Wildman–Crippen MR) is 86.2 cm³/mol. The van der Waals surface area contributed by atoms with Crippen LogP contribution in [0.15, 0.2) is 17.0 Å². The highest BCUT2D eigenvalue weighted by molar-refractivity contribution is 7.89. The maximum atomic E-state index is 12.7. The van der Waals surface area contributed by atoms with Gasteiger partial charge in [0.1, 0.15) is 0 Å². The SMILES string of the molecule is Cc1c(CNC(C)C)cc(Cl)cc1S(=O)(=O)N1CCCC1. The summed E-state index contributed by atoms with van der Waals surface area (Å²) < 4.78 is 27.1. The van der Waals surface area contributed by atoms with Gasteiger partial charge in [0.25, 0.3) is 0 Å². The smallest absolute Gasteiger partial charge is 0.243 e. The molecule has 1 heterocycles. The van der Waals surface area contributed by atoms with Crippen LogP contribution >= 0.6 is 11.6 Å². The summed E-state index contributed by atoms with van der Waals surface area (Å²) in [5.74, 6) is 0. The molecule has 4 nitrogen and oxygen atoms in total. The molecular formula is C15H23ClN2O2S. The third-order valence-electron chi connectivity index (χ3n) is 3.82. The molecule has 0 amide bonds. The first kappa shape index (κ1) is 16.7. The number of rotatable bonds is 5. The van der Waals surface area contributed by atoms with Gasteiger partial charge in [0.15, 0.2) is 0 Å². The van der Waals surface area contributed by atoms with Crippen molar-refractivity contribution >= 4 is 21.6 Å². The number of halogens is 1. The van der Waals surface area contributed by atoms with Gasteiger partial charge in [0, 0.05) is 30.7 Å². The first-order valence-corrected chi connectivity index (χ1v) is 9.16. The van der Waals surface area contributed by atoms with Crippen molar-refractivity contribution in [2.75, 3.05) is 13.1 Å². The largest absolute Gasteiger partial charge is 0.310 e. The highest BCUT2D eigenvalue weighted by Crippen LogP contribution is 2.28. The Balaban J connectivity index is 2.39. The molecule has 1 aliphatic rings. The molecule has 0 aromatic heterocycles. The molecule has 118 valence electrons. The number of benzene rings is 1. The van der Waals surface area contributed by atoms with Crippen LogP contribution in [0.2, 0.25) is 5.02 Å². The van der Waals surface area contributed by atoms with Crippen molar-refractivity contribution in [1.82, 2.24) is 9.62 Å². The van der Waals surface area contributed by atoms with Crippen LogP contribution in [-0.2, 0) is 16.6 Å². The minimum atomic E-state index is -3.43. The molecular weight excluding hydrogens is 308 g/mol. The summed E-state index contributed by atoms with van der Waals surface area (Å²) >= 11 is 6.14. The van der Waals surface area contributed by atoms with Gasteiger partial charge in [-0.1, -0.05) is 25.4 Å². The Morgan fingerprint density at radius 1 is 1.29 bits per heavy atom. The first-order valence-electron chi connectivity index (χ1n) is 7.35. The molecule has 1 aromatic rings. The topological polar surface area (TPSA) is 49.4 Å². The average molecular weight is 331 g/mol. The van der Waals surface area contributed by atoms with E-state index in [0.717, 1.165) is 24.0 Å². The summed E-state index contributed by atoms with van der Waals surface area (Å²) in [6.07, 6.45) is 1.86. The number of nitrogens with zero attached hydrogens (tertiary/aromatic N) is 1. The van der Waals surface area contributed by atoms with Gasteiger partial charge in [0.05, 0.1) is 4.90 Å². The molecule has 6 heteroatoms. The zero-order chi connectivity index (χ0) is 15.6. The number of hydrogen-bond donors (Lipinski definition) is 1. The van der Waals surface area contributed by atoms with Crippen LogP contribution in [-0.4, -0.2) is 31.9 Å². The molecule has 2 rings (SSSR count). The lowest BCUT2D eigenvalue weighted by molar-refractivity contribution is 0.476. The fraction of sp³-hybridized carbons (Fsp3) is 0.600. The van der Waals surface area contributed by atoms with Crippen molar-refractivity contribution in [2.24, 2.45) is 0 Å². The molecule has 0 saturated carbocycles. The molecule has 0 bridgehead atoms. The van der Waals surface area contributed by atoms with Crippen LogP contribution in [0.3, 0.4) is 0 Å².